The van der Waals surface area contributed by atoms with Crippen molar-refractivity contribution >= 4 is 5.97 Å². The molecule has 0 fully saturated rings. The summed E-state index contributed by atoms with van der Waals surface area (Å²) in [5.74, 6) is -0.873. The normalized spacial score (nSPS) is 12.6. The van der Waals surface area contributed by atoms with Crippen molar-refractivity contribution in [1.82, 2.24) is 10.2 Å². The number of aliphatic carboxylic acids is 1. The molecule has 2 N–H and O–H groups in total. The molecule has 1 atom stereocenters. The largest absolute Gasteiger partial charge is 0.480 e. The van der Waals surface area contributed by atoms with Gasteiger partial charge in [0.05, 0.1) is 6.61 Å². The summed E-state index contributed by atoms with van der Waals surface area (Å²) in [6.45, 7) is 8.18. The predicted octanol–water partition coefficient (Wildman–Crippen LogP) is 1.89. The van der Waals surface area contributed by atoms with Crippen LogP contribution < -0.4 is 5.32 Å². The van der Waals surface area contributed by atoms with E-state index in [9.17, 15) is 9.90 Å². The van der Waals surface area contributed by atoms with Crippen molar-refractivity contribution in [2.45, 2.75) is 26.4 Å². The van der Waals surface area contributed by atoms with Gasteiger partial charge in [0.2, 0.25) is 0 Å². The molecule has 1 aromatic carbocycles. The molecule has 0 amide bonds. The lowest BCUT2D eigenvalue weighted by molar-refractivity contribution is -0.139. The van der Waals surface area contributed by atoms with Gasteiger partial charge in [-0.25, -0.2) is 0 Å². The number of hydrogen-bond acceptors (Lipinski definition) is 4. The van der Waals surface area contributed by atoms with E-state index in [-0.39, 0.29) is 0 Å². The van der Waals surface area contributed by atoms with Gasteiger partial charge in [0.25, 0.3) is 0 Å². The van der Waals surface area contributed by atoms with Crippen LogP contribution in [0.2, 0.25) is 0 Å². The van der Waals surface area contributed by atoms with Crippen molar-refractivity contribution in [3.63, 3.8) is 0 Å². The third-order valence-electron chi connectivity index (χ3n) is 3.52. The maximum absolute atomic E-state index is 11.3. The lowest BCUT2D eigenvalue weighted by Crippen LogP contribution is -2.31. The Labute approximate surface area is 126 Å². The quantitative estimate of drug-likeness (QED) is 0.645. The van der Waals surface area contributed by atoms with Gasteiger partial charge in [-0.05, 0) is 24.2 Å². The van der Waals surface area contributed by atoms with Gasteiger partial charge in [-0.1, -0.05) is 38.1 Å². The molecule has 0 saturated heterocycles. The van der Waals surface area contributed by atoms with Crippen LogP contribution in [-0.4, -0.2) is 49.3 Å². The molecular weight excluding hydrogens is 268 g/mol. The minimum absolute atomic E-state index is 0.490. The van der Waals surface area contributed by atoms with E-state index in [1.54, 1.807) is 7.11 Å². The average molecular weight is 294 g/mol. The van der Waals surface area contributed by atoms with Crippen LogP contribution in [0.3, 0.4) is 0 Å². The Balaban J connectivity index is 2.71. The molecule has 0 spiro atoms. The molecule has 0 saturated carbocycles. The molecule has 0 heterocycles. The van der Waals surface area contributed by atoms with Gasteiger partial charge in [0.1, 0.15) is 6.04 Å². The van der Waals surface area contributed by atoms with Crippen LogP contribution in [0.4, 0.5) is 0 Å². The van der Waals surface area contributed by atoms with Gasteiger partial charge in [-0.2, -0.15) is 0 Å². The fourth-order valence-electron chi connectivity index (χ4n) is 2.17. The maximum atomic E-state index is 11.3. The third kappa shape index (κ3) is 5.83. The Kier molecular flexibility index (Phi) is 7.97. The summed E-state index contributed by atoms with van der Waals surface area (Å²) in [4.78, 5) is 13.7. The fraction of sp³-hybridized carbons (Fsp3) is 0.562. The van der Waals surface area contributed by atoms with E-state index in [2.05, 4.69) is 24.1 Å². The summed E-state index contributed by atoms with van der Waals surface area (Å²) in [5, 5.41) is 12.3. The first-order valence-corrected chi connectivity index (χ1v) is 7.38. The van der Waals surface area contributed by atoms with Crippen molar-refractivity contribution in [2.75, 3.05) is 33.4 Å². The van der Waals surface area contributed by atoms with Crippen LogP contribution in [0.5, 0.6) is 0 Å². The third-order valence-corrected chi connectivity index (χ3v) is 3.52. The molecule has 0 radical (unpaired) electrons. The van der Waals surface area contributed by atoms with Gasteiger partial charge in [-0.15, -0.1) is 0 Å². The maximum Gasteiger partial charge on any atom is 0.325 e. The van der Waals surface area contributed by atoms with Crippen LogP contribution in [-0.2, 0) is 16.1 Å². The number of nitrogens with one attached hydrogen (secondary N) is 1. The Bertz CT molecular complexity index is 416. The van der Waals surface area contributed by atoms with E-state index in [1.165, 1.54) is 5.56 Å². The monoisotopic (exact) mass is 294 g/mol. The Morgan fingerprint density at radius 1 is 1.29 bits per heavy atom. The lowest BCUT2D eigenvalue weighted by atomic mass is 10.0. The van der Waals surface area contributed by atoms with Crippen LogP contribution in [0.25, 0.3) is 0 Å². The molecular formula is C16H26N2O3. The van der Waals surface area contributed by atoms with Crippen molar-refractivity contribution in [1.29, 1.82) is 0 Å². The molecule has 0 bridgehead atoms. The number of carboxylic acids is 1. The van der Waals surface area contributed by atoms with Gasteiger partial charge < -0.3 is 9.84 Å². The Hall–Kier alpha value is -1.43. The van der Waals surface area contributed by atoms with E-state index in [4.69, 9.17) is 4.74 Å². The summed E-state index contributed by atoms with van der Waals surface area (Å²) < 4.78 is 4.93. The molecule has 5 heteroatoms. The standard InChI is InChI=1S/C16H26N2O3/c1-4-18(5-2)12-13-6-8-14(9-7-13)15(16(19)20)17-10-11-21-3/h6-9,15,17H,4-5,10-12H2,1-3H3,(H,19,20). The first kappa shape index (κ1) is 17.6. The number of hydrogen-bond donors (Lipinski definition) is 2. The first-order chi connectivity index (χ1) is 10.1. The highest BCUT2D eigenvalue weighted by Gasteiger charge is 2.18. The van der Waals surface area contributed by atoms with Crippen LogP contribution in [0.1, 0.15) is 31.0 Å². The molecule has 0 aromatic heterocycles. The fourth-order valence-corrected chi connectivity index (χ4v) is 2.17. The SMILES string of the molecule is CCN(CC)Cc1ccc(C(NCCOC)C(=O)O)cc1. The zero-order valence-electron chi connectivity index (χ0n) is 13.1. The van der Waals surface area contributed by atoms with E-state index in [0.29, 0.717) is 13.2 Å². The highest BCUT2D eigenvalue weighted by atomic mass is 16.5. The minimum atomic E-state index is -0.873. The molecule has 1 rings (SSSR count). The molecule has 0 aliphatic heterocycles. The van der Waals surface area contributed by atoms with E-state index in [1.807, 2.05) is 24.3 Å². The lowest BCUT2D eigenvalue weighted by Gasteiger charge is -2.19. The highest BCUT2D eigenvalue weighted by Crippen LogP contribution is 2.15. The zero-order chi connectivity index (χ0) is 15.7. The van der Waals surface area contributed by atoms with Gasteiger partial charge in [0, 0.05) is 20.2 Å². The summed E-state index contributed by atoms with van der Waals surface area (Å²) in [6.07, 6.45) is 0. The van der Waals surface area contributed by atoms with Gasteiger partial charge in [0.15, 0.2) is 0 Å². The van der Waals surface area contributed by atoms with Crippen molar-refractivity contribution in [3.05, 3.63) is 35.4 Å². The van der Waals surface area contributed by atoms with Crippen molar-refractivity contribution in [3.8, 4) is 0 Å². The Morgan fingerprint density at radius 3 is 2.38 bits per heavy atom. The summed E-state index contributed by atoms with van der Waals surface area (Å²) >= 11 is 0. The number of methoxy groups -OCH3 is 1. The number of nitrogens with zero attached hydrogens (tertiary/aromatic N) is 1. The summed E-state index contributed by atoms with van der Waals surface area (Å²) in [7, 11) is 1.60. The minimum Gasteiger partial charge on any atom is -0.480 e. The average Bonchev–Trinajstić information content (AvgIpc) is 2.50. The molecule has 21 heavy (non-hydrogen) atoms. The van der Waals surface area contributed by atoms with Crippen molar-refractivity contribution in [2.24, 2.45) is 0 Å². The van der Waals surface area contributed by atoms with E-state index < -0.39 is 12.0 Å². The second-order valence-corrected chi connectivity index (χ2v) is 4.92. The van der Waals surface area contributed by atoms with Crippen LogP contribution in [0.15, 0.2) is 24.3 Å². The topological polar surface area (TPSA) is 61.8 Å². The smallest absolute Gasteiger partial charge is 0.325 e. The molecule has 1 unspecified atom stereocenters. The van der Waals surface area contributed by atoms with Crippen LogP contribution >= 0.6 is 0 Å². The summed E-state index contributed by atoms with van der Waals surface area (Å²) in [6, 6.07) is 7.08. The van der Waals surface area contributed by atoms with Crippen LogP contribution in [0, 0.1) is 0 Å². The number of rotatable bonds is 10. The molecule has 0 aliphatic rings. The Morgan fingerprint density at radius 2 is 1.90 bits per heavy atom. The molecule has 0 aliphatic carbocycles. The second kappa shape index (κ2) is 9.50. The van der Waals surface area contributed by atoms with Crippen molar-refractivity contribution < 1.29 is 14.6 Å². The number of ether oxygens (including phenoxy) is 1. The summed E-state index contributed by atoms with van der Waals surface area (Å²) in [5.41, 5.74) is 1.96. The first-order valence-electron chi connectivity index (χ1n) is 7.38. The van der Waals surface area contributed by atoms with Gasteiger partial charge >= 0.3 is 5.97 Å². The van der Waals surface area contributed by atoms with E-state index in [0.717, 1.165) is 25.2 Å². The number of carboxylic acid groups (broad SMARTS) is 1. The van der Waals surface area contributed by atoms with E-state index >= 15 is 0 Å². The van der Waals surface area contributed by atoms with Gasteiger partial charge in [-0.3, -0.25) is 15.0 Å². The number of carbonyl (C=O) groups is 1. The predicted molar refractivity (Wildman–Crippen MR) is 83.3 cm³/mol. The second-order valence-electron chi connectivity index (χ2n) is 4.92. The molecule has 5 nitrogen and oxygen atoms in total. The zero-order valence-corrected chi connectivity index (χ0v) is 13.1. The number of benzene rings is 1. The highest BCUT2D eigenvalue weighted by molar-refractivity contribution is 5.75. The molecule has 118 valence electrons. The molecule has 1 aromatic rings.